The smallest absolute Gasteiger partial charge is 0.0515 e. The van der Waals surface area contributed by atoms with E-state index in [0.717, 1.165) is 0 Å². The average molecular weight is 538 g/mol. The van der Waals surface area contributed by atoms with Gasteiger partial charge in [-0.1, -0.05) is 172 Å². The Morgan fingerprint density at radius 2 is 0.730 bits per heavy atom. The highest BCUT2D eigenvalue weighted by Gasteiger charge is 2.40. The van der Waals surface area contributed by atoms with E-state index >= 15 is 0 Å². The van der Waals surface area contributed by atoms with E-state index in [9.17, 15) is 0 Å². The van der Waals surface area contributed by atoms with Gasteiger partial charge in [0.15, 0.2) is 0 Å². The van der Waals surface area contributed by atoms with Crippen LogP contribution < -0.4 is 5.73 Å². The number of rotatable bonds is 6. The Kier molecular flexibility index (Phi) is 9.90. The first-order valence-electron chi connectivity index (χ1n) is 13.6. The summed E-state index contributed by atoms with van der Waals surface area (Å²) >= 11 is 0. The second kappa shape index (κ2) is 11.5. The van der Waals surface area contributed by atoms with Crippen molar-refractivity contribution >= 4 is 26.5 Å². The maximum absolute atomic E-state index is 7.31. The van der Waals surface area contributed by atoms with Crippen LogP contribution in [-0.4, -0.2) is 26.2 Å². The van der Waals surface area contributed by atoms with Gasteiger partial charge < -0.3 is 5.73 Å². The van der Waals surface area contributed by atoms with Crippen molar-refractivity contribution in [3.8, 4) is 0 Å². The van der Waals surface area contributed by atoms with Crippen LogP contribution in [0.3, 0.4) is 0 Å². The molecule has 3 heteroatoms. The van der Waals surface area contributed by atoms with Crippen LogP contribution in [-0.2, 0) is 0 Å². The molecule has 2 aromatic carbocycles. The molecule has 0 aromatic heterocycles. The van der Waals surface area contributed by atoms with Crippen LogP contribution in [0.4, 0.5) is 0 Å². The summed E-state index contributed by atoms with van der Waals surface area (Å²) < 4.78 is 0. The average Bonchev–Trinajstić information content (AvgIpc) is 2.69. The zero-order valence-corrected chi connectivity index (χ0v) is 27.7. The monoisotopic (exact) mass is 537 g/mol. The third-order valence-electron chi connectivity index (χ3n) is 6.20. The maximum Gasteiger partial charge on any atom is 0.0515 e. The second-order valence-electron chi connectivity index (χ2n) is 14.5. The zero-order chi connectivity index (χ0) is 28.4. The first-order chi connectivity index (χ1) is 16.6. The Hall–Kier alpha value is -1.26. The topological polar surface area (TPSA) is 26.0 Å². The molecule has 2 rings (SSSR count). The fraction of sp³-hybridized carbons (Fsp3) is 0.529. The van der Waals surface area contributed by atoms with Crippen molar-refractivity contribution in [2.24, 2.45) is 5.73 Å². The summed E-state index contributed by atoms with van der Waals surface area (Å²) in [4.78, 5) is 0. The lowest BCUT2D eigenvalue weighted by molar-refractivity contribution is 0.710. The minimum Gasteiger partial charge on any atom is -0.319 e. The van der Waals surface area contributed by atoms with Crippen molar-refractivity contribution in [3.63, 3.8) is 0 Å². The Labute approximate surface area is 231 Å². The molecule has 0 unspecified atom stereocenters. The standard InChI is InChI=1S/C34H53NP2/c1-30(2,3)36(31(4,5)6)28(26-20-16-14-17-21-26)24-34(13,35)25-29(27-22-18-15-19-23-27)37(32(7,8)9)33(10,11)12/h14-25H,35H2,1-13H3. The van der Waals surface area contributed by atoms with Gasteiger partial charge in [0.2, 0.25) is 0 Å². The predicted molar refractivity (Wildman–Crippen MR) is 174 cm³/mol. The van der Waals surface area contributed by atoms with Gasteiger partial charge in [-0.2, -0.15) is 0 Å². The molecule has 0 saturated carbocycles. The van der Waals surface area contributed by atoms with Gasteiger partial charge in [0.1, 0.15) is 0 Å². The van der Waals surface area contributed by atoms with E-state index in [-0.39, 0.29) is 20.6 Å². The fourth-order valence-corrected chi connectivity index (χ4v) is 14.4. The van der Waals surface area contributed by atoms with E-state index in [2.05, 4.69) is 163 Å². The third-order valence-corrected chi connectivity index (χ3v) is 13.3. The number of hydrogen-bond donors (Lipinski definition) is 1. The van der Waals surface area contributed by atoms with E-state index in [0.29, 0.717) is 0 Å². The van der Waals surface area contributed by atoms with Crippen molar-refractivity contribution in [3.05, 3.63) is 83.9 Å². The van der Waals surface area contributed by atoms with Gasteiger partial charge in [-0.25, -0.2) is 0 Å². The minimum atomic E-state index is -0.607. The first kappa shape index (κ1) is 32.0. The van der Waals surface area contributed by atoms with E-state index in [1.807, 2.05) is 0 Å². The molecule has 0 saturated heterocycles. The largest absolute Gasteiger partial charge is 0.319 e. The third kappa shape index (κ3) is 8.88. The Balaban J connectivity index is 2.90. The molecular formula is C34H53NP2. The summed E-state index contributed by atoms with van der Waals surface area (Å²) in [6, 6.07) is 21.8. The molecule has 0 aliphatic rings. The normalized spacial score (nSPS) is 16.3. The van der Waals surface area contributed by atoms with E-state index in [4.69, 9.17) is 5.73 Å². The van der Waals surface area contributed by atoms with Gasteiger partial charge in [0, 0.05) is 0 Å². The summed E-state index contributed by atoms with van der Waals surface area (Å²) in [5.74, 6) is 0. The molecular weight excluding hydrogens is 484 g/mol. The van der Waals surface area contributed by atoms with Crippen LogP contribution in [0.25, 0.3) is 10.6 Å². The van der Waals surface area contributed by atoms with Crippen molar-refractivity contribution in [1.29, 1.82) is 0 Å². The van der Waals surface area contributed by atoms with E-state index in [1.54, 1.807) is 0 Å². The number of benzene rings is 2. The maximum atomic E-state index is 7.31. The molecule has 0 bridgehead atoms. The molecule has 2 N–H and O–H groups in total. The fourth-order valence-electron chi connectivity index (χ4n) is 5.86. The van der Waals surface area contributed by atoms with Crippen LogP contribution in [0.15, 0.2) is 72.8 Å². The van der Waals surface area contributed by atoms with Crippen molar-refractivity contribution in [1.82, 2.24) is 0 Å². The summed E-state index contributed by atoms with van der Waals surface area (Å²) in [6.45, 7) is 30.8. The number of nitrogens with two attached hydrogens (primary N) is 1. The van der Waals surface area contributed by atoms with Crippen LogP contribution in [0.1, 0.15) is 101 Å². The van der Waals surface area contributed by atoms with Gasteiger partial charge in [0.25, 0.3) is 0 Å². The molecule has 204 valence electrons. The summed E-state index contributed by atoms with van der Waals surface area (Å²) in [5, 5.41) is 3.36. The van der Waals surface area contributed by atoms with Crippen LogP contribution in [0.5, 0.6) is 0 Å². The first-order valence-corrected chi connectivity index (χ1v) is 16.3. The van der Waals surface area contributed by atoms with Gasteiger partial charge in [-0.05, 0) is 49.3 Å². The minimum absolute atomic E-state index is 0.140. The highest BCUT2D eigenvalue weighted by atomic mass is 31.1. The zero-order valence-electron chi connectivity index (χ0n) is 25.9. The molecule has 0 aliphatic heterocycles. The lowest BCUT2D eigenvalue weighted by atomic mass is 9.99. The highest BCUT2D eigenvalue weighted by molar-refractivity contribution is 7.71. The molecule has 0 fully saturated rings. The summed E-state index contributed by atoms with van der Waals surface area (Å²) in [6.07, 6.45) is 4.79. The van der Waals surface area contributed by atoms with E-state index in [1.165, 1.54) is 21.8 Å². The van der Waals surface area contributed by atoms with Gasteiger partial charge in [-0.15, -0.1) is 0 Å². The molecule has 2 aromatic rings. The lowest BCUT2D eigenvalue weighted by Gasteiger charge is -2.45. The Morgan fingerprint density at radius 3 is 0.946 bits per heavy atom. The molecule has 0 spiro atoms. The number of hydrogen-bond acceptors (Lipinski definition) is 1. The molecule has 0 aliphatic carbocycles. The predicted octanol–water partition coefficient (Wildman–Crippen LogP) is 10.9. The molecule has 0 amide bonds. The van der Waals surface area contributed by atoms with E-state index < -0.39 is 21.4 Å². The molecule has 0 radical (unpaired) electrons. The lowest BCUT2D eigenvalue weighted by Crippen LogP contribution is -2.34. The summed E-state index contributed by atoms with van der Waals surface area (Å²) in [7, 11) is -1.06. The molecule has 37 heavy (non-hydrogen) atoms. The highest BCUT2D eigenvalue weighted by Crippen LogP contribution is 2.69. The van der Waals surface area contributed by atoms with Crippen molar-refractivity contribution in [2.45, 2.75) is 116 Å². The van der Waals surface area contributed by atoms with Gasteiger partial charge in [-0.3, -0.25) is 0 Å². The van der Waals surface area contributed by atoms with Crippen molar-refractivity contribution < 1.29 is 0 Å². The van der Waals surface area contributed by atoms with Crippen LogP contribution in [0.2, 0.25) is 0 Å². The second-order valence-corrected chi connectivity index (χ2v) is 22.2. The Bertz CT molecular complexity index is 952. The van der Waals surface area contributed by atoms with Crippen LogP contribution >= 0.6 is 15.8 Å². The van der Waals surface area contributed by atoms with Crippen LogP contribution in [0, 0.1) is 0 Å². The SMILES string of the molecule is CC(N)(C=C(c1ccccc1)P(C(C)(C)C)C(C)(C)C)C=C(c1ccccc1)P(C(C)(C)C)C(C)(C)C. The summed E-state index contributed by atoms with van der Waals surface area (Å²) in [5.41, 5.74) is 9.28. The van der Waals surface area contributed by atoms with Gasteiger partial charge >= 0.3 is 0 Å². The molecule has 1 nitrogen and oxygen atoms in total. The quantitative estimate of drug-likeness (QED) is 0.364. The van der Waals surface area contributed by atoms with Crippen molar-refractivity contribution in [2.75, 3.05) is 0 Å². The molecule has 0 atom stereocenters. The van der Waals surface area contributed by atoms with Gasteiger partial charge in [0.05, 0.1) is 5.54 Å². The molecule has 0 heterocycles. The Morgan fingerprint density at radius 1 is 0.486 bits per heavy atom.